The molecule has 1 N–H and O–H groups in total. The first-order valence-electron chi connectivity index (χ1n) is 8.39. The van der Waals surface area contributed by atoms with Gasteiger partial charge in [-0.15, -0.1) is 0 Å². The highest BCUT2D eigenvalue weighted by atomic mass is 16.3. The van der Waals surface area contributed by atoms with Gasteiger partial charge in [0.25, 0.3) is 0 Å². The van der Waals surface area contributed by atoms with Crippen molar-refractivity contribution >= 4 is 16.7 Å². The Morgan fingerprint density at radius 1 is 1.04 bits per heavy atom. The summed E-state index contributed by atoms with van der Waals surface area (Å²) in [4.78, 5) is 13.3. The van der Waals surface area contributed by atoms with Crippen molar-refractivity contribution in [1.29, 1.82) is 0 Å². The van der Waals surface area contributed by atoms with E-state index in [2.05, 4.69) is 32.2 Å². The first-order chi connectivity index (χ1) is 11.5. The molecular weight excluding hydrogens is 298 g/mol. The third-order valence-corrected chi connectivity index (χ3v) is 4.60. The van der Waals surface area contributed by atoms with Gasteiger partial charge in [-0.05, 0) is 24.1 Å². The van der Waals surface area contributed by atoms with E-state index < -0.39 is 0 Å². The van der Waals surface area contributed by atoms with Crippen LogP contribution < -0.4 is 10.7 Å². The van der Waals surface area contributed by atoms with Crippen molar-refractivity contribution < 1.29 is 4.42 Å². The van der Waals surface area contributed by atoms with Crippen LogP contribution >= 0.6 is 0 Å². The van der Waals surface area contributed by atoms with Gasteiger partial charge in [-0.1, -0.05) is 51.1 Å². The lowest BCUT2D eigenvalue weighted by Crippen LogP contribution is -2.19. The summed E-state index contributed by atoms with van der Waals surface area (Å²) in [7, 11) is 0. The zero-order valence-corrected chi connectivity index (χ0v) is 14.3. The molecule has 0 saturated heterocycles. The Morgan fingerprint density at radius 3 is 2.62 bits per heavy atom. The van der Waals surface area contributed by atoms with E-state index in [0.29, 0.717) is 16.5 Å². The van der Waals surface area contributed by atoms with Crippen LogP contribution in [0.5, 0.6) is 0 Å². The second-order valence-electron chi connectivity index (χ2n) is 7.40. The smallest absolute Gasteiger partial charge is 0.200 e. The summed E-state index contributed by atoms with van der Waals surface area (Å²) in [6.07, 6.45) is 0.993. The number of anilines is 1. The van der Waals surface area contributed by atoms with Gasteiger partial charge in [0, 0.05) is 23.2 Å². The molecule has 0 bridgehead atoms. The van der Waals surface area contributed by atoms with E-state index in [-0.39, 0.29) is 10.8 Å². The Morgan fingerprint density at radius 2 is 1.83 bits per heavy atom. The predicted octanol–water partition coefficient (Wildman–Crippen LogP) is 4.73. The van der Waals surface area contributed by atoms with Crippen molar-refractivity contribution in [3.63, 3.8) is 0 Å². The molecule has 0 aliphatic carbocycles. The highest BCUT2D eigenvalue weighted by Gasteiger charge is 2.28. The van der Waals surface area contributed by atoms with Gasteiger partial charge < -0.3 is 9.73 Å². The minimum atomic E-state index is -0.264. The van der Waals surface area contributed by atoms with Crippen LogP contribution in [0, 0.1) is 0 Å². The normalized spacial score (nSPS) is 13.8. The lowest BCUT2D eigenvalue weighted by Gasteiger charge is -2.22. The topological polar surface area (TPSA) is 42.2 Å². The standard InChI is InChI=1S/C21H21NO2/c1-21(2,3)20-17(15-9-6-7-13-11-12-22-18(13)15)19(23)14-8-4-5-10-16(14)24-20/h4-10,22H,11-12H2,1-3H3. The zero-order valence-electron chi connectivity index (χ0n) is 14.3. The minimum absolute atomic E-state index is 0.0453. The summed E-state index contributed by atoms with van der Waals surface area (Å²) in [6.45, 7) is 7.16. The number of fused-ring (bicyclic) bond motifs is 2. The van der Waals surface area contributed by atoms with Gasteiger partial charge in [0.05, 0.1) is 10.9 Å². The van der Waals surface area contributed by atoms with Gasteiger partial charge in [0.1, 0.15) is 11.3 Å². The zero-order chi connectivity index (χ0) is 16.9. The Bertz CT molecular complexity index is 993. The van der Waals surface area contributed by atoms with Crippen molar-refractivity contribution in [3.8, 4) is 11.1 Å². The van der Waals surface area contributed by atoms with E-state index in [1.807, 2.05) is 36.4 Å². The van der Waals surface area contributed by atoms with E-state index in [9.17, 15) is 4.79 Å². The maximum Gasteiger partial charge on any atom is 0.200 e. The van der Waals surface area contributed by atoms with Crippen molar-refractivity contribution in [2.45, 2.75) is 32.6 Å². The molecule has 2 heterocycles. The van der Waals surface area contributed by atoms with Gasteiger partial charge >= 0.3 is 0 Å². The lowest BCUT2D eigenvalue weighted by molar-refractivity contribution is 0.424. The van der Waals surface area contributed by atoms with E-state index >= 15 is 0 Å². The molecule has 3 heteroatoms. The minimum Gasteiger partial charge on any atom is -0.460 e. The van der Waals surface area contributed by atoms with Crippen molar-refractivity contribution in [3.05, 3.63) is 64.0 Å². The average Bonchev–Trinajstić information content (AvgIpc) is 3.03. The van der Waals surface area contributed by atoms with Crippen LogP contribution in [0.2, 0.25) is 0 Å². The Hall–Kier alpha value is -2.55. The van der Waals surface area contributed by atoms with Gasteiger partial charge in [-0.3, -0.25) is 4.79 Å². The molecule has 1 aromatic heterocycles. The first-order valence-corrected chi connectivity index (χ1v) is 8.39. The number of hydrogen-bond acceptors (Lipinski definition) is 3. The van der Waals surface area contributed by atoms with Crippen molar-refractivity contribution in [2.24, 2.45) is 0 Å². The highest BCUT2D eigenvalue weighted by Crippen LogP contribution is 2.39. The fourth-order valence-electron chi connectivity index (χ4n) is 3.46. The average molecular weight is 319 g/mol. The molecule has 0 spiro atoms. The van der Waals surface area contributed by atoms with Crippen molar-refractivity contribution in [1.82, 2.24) is 0 Å². The molecule has 0 fully saturated rings. The van der Waals surface area contributed by atoms with Crippen LogP contribution in [-0.2, 0) is 11.8 Å². The van der Waals surface area contributed by atoms with E-state index in [0.717, 1.165) is 30.0 Å². The number of nitrogens with one attached hydrogen (secondary N) is 1. The monoisotopic (exact) mass is 319 g/mol. The predicted molar refractivity (Wildman–Crippen MR) is 98.8 cm³/mol. The second-order valence-corrected chi connectivity index (χ2v) is 7.40. The molecule has 0 unspecified atom stereocenters. The number of hydrogen-bond donors (Lipinski definition) is 1. The molecular formula is C21H21NO2. The highest BCUT2D eigenvalue weighted by molar-refractivity contribution is 5.88. The summed E-state index contributed by atoms with van der Waals surface area (Å²) in [5.41, 5.74) is 4.41. The molecule has 0 atom stereocenters. The molecule has 0 amide bonds. The van der Waals surface area contributed by atoms with Crippen LogP contribution in [-0.4, -0.2) is 6.54 Å². The fourth-order valence-corrected chi connectivity index (χ4v) is 3.46. The number of rotatable bonds is 1. The third kappa shape index (κ3) is 2.23. The Kier molecular flexibility index (Phi) is 3.27. The fraction of sp³-hybridized carbons (Fsp3) is 0.286. The molecule has 3 aromatic rings. The van der Waals surface area contributed by atoms with Crippen molar-refractivity contribution in [2.75, 3.05) is 11.9 Å². The van der Waals surface area contributed by atoms with Gasteiger partial charge in [0.2, 0.25) is 5.43 Å². The molecule has 0 saturated carbocycles. The first kappa shape index (κ1) is 15.0. The summed E-state index contributed by atoms with van der Waals surface area (Å²) in [5.74, 6) is 0.744. The van der Waals surface area contributed by atoms with Crippen LogP contribution in [0.25, 0.3) is 22.1 Å². The van der Waals surface area contributed by atoms with Gasteiger partial charge in [0.15, 0.2) is 0 Å². The van der Waals surface area contributed by atoms with Gasteiger partial charge in [-0.25, -0.2) is 0 Å². The van der Waals surface area contributed by atoms with Crippen LogP contribution in [0.3, 0.4) is 0 Å². The van der Waals surface area contributed by atoms with Crippen LogP contribution in [0.4, 0.5) is 5.69 Å². The van der Waals surface area contributed by atoms with Crippen LogP contribution in [0.1, 0.15) is 32.1 Å². The van der Waals surface area contributed by atoms with Crippen LogP contribution in [0.15, 0.2) is 51.7 Å². The summed E-state index contributed by atoms with van der Waals surface area (Å²) in [6, 6.07) is 13.7. The SMILES string of the molecule is CC(C)(C)c1oc2ccccc2c(=O)c1-c1cccc2c1NCC2. The molecule has 0 radical (unpaired) electrons. The third-order valence-electron chi connectivity index (χ3n) is 4.60. The number of para-hydroxylation sites is 2. The molecule has 2 aromatic carbocycles. The molecule has 1 aliphatic rings. The largest absolute Gasteiger partial charge is 0.460 e. The Balaban J connectivity index is 2.14. The summed E-state index contributed by atoms with van der Waals surface area (Å²) >= 11 is 0. The maximum absolute atomic E-state index is 13.3. The molecule has 1 aliphatic heterocycles. The second kappa shape index (κ2) is 5.23. The van der Waals surface area contributed by atoms with Gasteiger partial charge in [-0.2, -0.15) is 0 Å². The summed E-state index contributed by atoms with van der Waals surface area (Å²) < 4.78 is 6.22. The van der Waals surface area contributed by atoms with E-state index in [1.165, 1.54) is 5.56 Å². The molecule has 4 rings (SSSR count). The Labute approximate surface area is 141 Å². The lowest BCUT2D eigenvalue weighted by atomic mass is 9.86. The summed E-state index contributed by atoms with van der Waals surface area (Å²) in [5, 5.41) is 4.08. The van der Waals surface area contributed by atoms with E-state index in [4.69, 9.17) is 4.42 Å². The molecule has 24 heavy (non-hydrogen) atoms. The van der Waals surface area contributed by atoms with E-state index in [1.54, 1.807) is 0 Å². The number of benzene rings is 2. The maximum atomic E-state index is 13.3. The molecule has 122 valence electrons. The molecule has 3 nitrogen and oxygen atoms in total. The quantitative estimate of drug-likeness (QED) is 0.705.